The normalized spacial score (nSPS) is 18.1. The van der Waals surface area contributed by atoms with Gasteiger partial charge in [0.15, 0.2) is 11.5 Å². The first kappa shape index (κ1) is 15.3. The van der Waals surface area contributed by atoms with Crippen molar-refractivity contribution in [3.8, 4) is 11.5 Å². The number of hydrogen-bond acceptors (Lipinski definition) is 3. The molecule has 2 aliphatic rings. The quantitative estimate of drug-likeness (QED) is 0.913. The van der Waals surface area contributed by atoms with Crippen LogP contribution in [-0.4, -0.2) is 12.7 Å². The summed E-state index contributed by atoms with van der Waals surface area (Å²) in [7, 11) is 0. The molecule has 4 rings (SSSR count). The Bertz CT molecular complexity index is 801. The van der Waals surface area contributed by atoms with E-state index in [0.717, 1.165) is 35.5 Å². The molecule has 1 amide bonds. The Morgan fingerprint density at radius 3 is 2.71 bits per heavy atom. The number of nitrogens with one attached hydrogen (secondary N) is 1. The van der Waals surface area contributed by atoms with Gasteiger partial charge in [0.05, 0.1) is 11.5 Å². The van der Waals surface area contributed by atoms with E-state index in [-0.39, 0.29) is 18.7 Å². The third kappa shape index (κ3) is 2.61. The zero-order chi connectivity index (χ0) is 16.7. The monoisotopic (exact) mass is 343 g/mol. The van der Waals surface area contributed by atoms with E-state index in [1.54, 1.807) is 0 Å². The summed E-state index contributed by atoms with van der Waals surface area (Å²) in [4.78, 5) is 12.8. The lowest BCUT2D eigenvalue weighted by molar-refractivity contribution is -0.124. The second-order valence-corrected chi connectivity index (χ2v) is 6.84. The van der Waals surface area contributed by atoms with Crippen molar-refractivity contribution in [3.05, 3.63) is 58.6 Å². The number of carbonyl (C=O) groups excluding carboxylic acids is 1. The maximum atomic E-state index is 12.8. The summed E-state index contributed by atoms with van der Waals surface area (Å²) in [6, 6.07) is 13.2. The largest absolute Gasteiger partial charge is 0.454 e. The predicted molar refractivity (Wildman–Crippen MR) is 91.5 cm³/mol. The number of carbonyl (C=O) groups is 1. The summed E-state index contributed by atoms with van der Waals surface area (Å²) in [5.74, 6) is 1.52. The first-order chi connectivity index (χ1) is 11.6. The average Bonchev–Trinajstić information content (AvgIpc) is 3.26. The second-order valence-electron chi connectivity index (χ2n) is 6.40. The standard InChI is InChI=1S/C19H18ClNO3/c1-12(13-5-6-16-17(9-13)24-11-23-16)21-18(22)19(7-8-19)14-3-2-4-15(20)10-14/h2-6,9-10,12H,7-8,11H2,1H3,(H,21,22). The third-order valence-electron chi connectivity index (χ3n) is 4.81. The Balaban J connectivity index is 1.51. The van der Waals surface area contributed by atoms with Gasteiger partial charge < -0.3 is 14.8 Å². The minimum absolute atomic E-state index is 0.0509. The van der Waals surface area contributed by atoms with Crippen LogP contribution >= 0.6 is 11.6 Å². The molecule has 1 unspecified atom stereocenters. The molecule has 2 aromatic rings. The molecule has 0 saturated heterocycles. The van der Waals surface area contributed by atoms with Crippen LogP contribution in [0.3, 0.4) is 0 Å². The molecule has 0 radical (unpaired) electrons. The Hall–Kier alpha value is -2.20. The van der Waals surface area contributed by atoms with Gasteiger partial charge in [-0.05, 0) is 55.2 Å². The number of rotatable bonds is 4. The Labute approximate surface area is 145 Å². The fourth-order valence-corrected chi connectivity index (χ4v) is 3.35. The van der Waals surface area contributed by atoms with Crippen molar-refractivity contribution in [2.45, 2.75) is 31.2 Å². The highest BCUT2D eigenvalue weighted by Gasteiger charge is 2.51. The number of benzene rings is 2. The highest BCUT2D eigenvalue weighted by molar-refractivity contribution is 6.30. The predicted octanol–water partition coefficient (Wildman–Crippen LogP) is 3.98. The Kier molecular flexibility index (Phi) is 3.65. The fraction of sp³-hybridized carbons (Fsp3) is 0.316. The van der Waals surface area contributed by atoms with Gasteiger partial charge in [-0.15, -0.1) is 0 Å². The van der Waals surface area contributed by atoms with Gasteiger partial charge in [-0.1, -0.05) is 29.8 Å². The first-order valence-corrected chi connectivity index (χ1v) is 8.43. The fourth-order valence-electron chi connectivity index (χ4n) is 3.16. The molecule has 0 bridgehead atoms. The van der Waals surface area contributed by atoms with E-state index in [4.69, 9.17) is 21.1 Å². The Morgan fingerprint density at radius 2 is 1.96 bits per heavy atom. The minimum atomic E-state index is -0.435. The van der Waals surface area contributed by atoms with E-state index in [1.165, 1.54) is 0 Å². The van der Waals surface area contributed by atoms with Crippen molar-refractivity contribution in [3.63, 3.8) is 0 Å². The van der Waals surface area contributed by atoms with Crippen molar-refractivity contribution >= 4 is 17.5 Å². The van der Waals surface area contributed by atoms with Crippen molar-refractivity contribution < 1.29 is 14.3 Å². The third-order valence-corrected chi connectivity index (χ3v) is 5.04. The van der Waals surface area contributed by atoms with Crippen LogP contribution < -0.4 is 14.8 Å². The van der Waals surface area contributed by atoms with Gasteiger partial charge in [0.1, 0.15) is 0 Å². The lowest BCUT2D eigenvalue weighted by Crippen LogP contribution is -2.36. The molecule has 1 saturated carbocycles. The van der Waals surface area contributed by atoms with Crippen LogP contribution in [0.2, 0.25) is 5.02 Å². The van der Waals surface area contributed by atoms with E-state index >= 15 is 0 Å². The number of ether oxygens (including phenoxy) is 2. The maximum absolute atomic E-state index is 12.8. The summed E-state index contributed by atoms with van der Waals surface area (Å²) in [6.45, 7) is 2.22. The van der Waals surface area contributed by atoms with Crippen LogP contribution in [0.5, 0.6) is 11.5 Å². The topological polar surface area (TPSA) is 47.6 Å². The number of halogens is 1. The van der Waals surface area contributed by atoms with Gasteiger partial charge in [0, 0.05) is 5.02 Å². The van der Waals surface area contributed by atoms with E-state index in [9.17, 15) is 4.79 Å². The summed E-state index contributed by atoms with van der Waals surface area (Å²) < 4.78 is 10.7. The van der Waals surface area contributed by atoms with Gasteiger partial charge in [-0.25, -0.2) is 0 Å². The average molecular weight is 344 g/mol. The van der Waals surface area contributed by atoms with Crippen LogP contribution in [-0.2, 0) is 10.2 Å². The Morgan fingerprint density at radius 1 is 1.17 bits per heavy atom. The molecule has 1 fully saturated rings. The summed E-state index contributed by atoms with van der Waals surface area (Å²) in [6.07, 6.45) is 1.71. The van der Waals surface area contributed by atoms with E-state index in [2.05, 4.69) is 5.32 Å². The van der Waals surface area contributed by atoms with Crippen molar-refractivity contribution in [2.24, 2.45) is 0 Å². The van der Waals surface area contributed by atoms with Gasteiger partial charge in [-0.2, -0.15) is 0 Å². The molecule has 1 atom stereocenters. The molecule has 1 N–H and O–H groups in total. The SMILES string of the molecule is CC(NC(=O)C1(c2cccc(Cl)c2)CC1)c1ccc2c(c1)OCO2. The molecule has 124 valence electrons. The molecule has 1 aliphatic carbocycles. The molecular formula is C19H18ClNO3. The van der Waals surface area contributed by atoms with Crippen LogP contribution in [0.25, 0.3) is 0 Å². The molecule has 0 spiro atoms. The van der Waals surface area contributed by atoms with Crippen LogP contribution in [0.15, 0.2) is 42.5 Å². The van der Waals surface area contributed by atoms with Gasteiger partial charge in [-0.3, -0.25) is 4.79 Å². The van der Waals surface area contributed by atoms with Gasteiger partial charge in [0.25, 0.3) is 0 Å². The molecule has 1 aliphatic heterocycles. The van der Waals surface area contributed by atoms with Gasteiger partial charge >= 0.3 is 0 Å². The highest BCUT2D eigenvalue weighted by Crippen LogP contribution is 2.49. The molecule has 2 aromatic carbocycles. The smallest absolute Gasteiger partial charge is 0.231 e. The number of fused-ring (bicyclic) bond motifs is 1. The molecule has 5 heteroatoms. The number of amides is 1. The lowest BCUT2D eigenvalue weighted by Gasteiger charge is -2.20. The van der Waals surface area contributed by atoms with Crippen LogP contribution in [0, 0.1) is 0 Å². The molecule has 4 nitrogen and oxygen atoms in total. The van der Waals surface area contributed by atoms with E-state index < -0.39 is 5.41 Å². The van der Waals surface area contributed by atoms with Crippen LogP contribution in [0.1, 0.15) is 36.9 Å². The van der Waals surface area contributed by atoms with Crippen molar-refractivity contribution in [2.75, 3.05) is 6.79 Å². The zero-order valence-electron chi connectivity index (χ0n) is 13.3. The van der Waals surface area contributed by atoms with E-state index in [1.807, 2.05) is 49.4 Å². The molecule has 24 heavy (non-hydrogen) atoms. The van der Waals surface area contributed by atoms with Crippen molar-refractivity contribution in [1.82, 2.24) is 5.32 Å². The summed E-state index contributed by atoms with van der Waals surface area (Å²) in [5, 5.41) is 3.79. The summed E-state index contributed by atoms with van der Waals surface area (Å²) in [5.41, 5.74) is 1.55. The lowest BCUT2D eigenvalue weighted by atomic mass is 9.94. The zero-order valence-corrected chi connectivity index (χ0v) is 14.1. The molecular weight excluding hydrogens is 326 g/mol. The number of hydrogen-bond donors (Lipinski definition) is 1. The van der Waals surface area contributed by atoms with Crippen LogP contribution in [0.4, 0.5) is 0 Å². The maximum Gasteiger partial charge on any atom is 0.231 e. The first-order valence-electron chi connectivity index (χ1n) is 8.05. The molecule has 0 aromatic heterocycles. The molecule has 1 heterocycles. The second kappa shape index (κ2) is 5.71. The van der Waals surface area contributed by atoms with E-state index in [0.29, 0.717) is 5.02 Å². The highest BCUT2D eigenvalue weighted by atomic mass is 35.5. The minimum Gasteiger partial charge on any atom is -0.454 e. The van der Waals surface area contributed by atoms with Crippen molar-refractivity contribution in [1.29, 1.82) is 0 Å². The summed E-state index contributed by atoms with van der Waals surface area (Å²) >= 11 is 6.08. The van der Waals surface area contributed by atoms with Gasteiger partial charge in [0.2, 0.25) is 12.7 Å².